The summed E-state index contributed by atoms with van der Waals surface area (Å²) in [6.07, 6.45) is 3.88. The lowest BCUT2D eigenvalue weighted by molar-refractivity contribution is -0.143. The topological polar surface area (TPSA) is 49.8 Å². The van der Waals surface area contributed by atoms with Crippen molar-refractivity contribution in [3.63, 3.8) is 0 Å². The van der Waals surface area contributed by atoms with E-state index < -0.39 is 5.97 Å². The summed E-state index contributed by atoms with van der Waals surface area (Å²) in [5.74, 6) is 0.0860. The van der Waals surface area contributed by atoms with Crippen LogP contribution in [0.25, 0.3) is 0 Å². The van der Waals surface area contributed by atoms with Crippen molar-refractivity contribution < 1.29 is 14.6 Å². The highest BCUT2D eigenvalue weighted by Gasteiger charge is 2.24. The summed E-state index contributed by atoms with van der Waals surface area (Å²) in [4.78, 5) is 13.3. The van der Waals surface area contributed by atoms with Crippen LogP contribution in [-0.4, -0.2) is 42.2 Å². The molecule has 1 aliphatic rings. The summed E-state index contributed by atoms with van der Waals surface area (Å²) < 4.78 is 5.64. The average molecular weight is 277 g/mol. The zero-order valence-corrected chi connectivity index (χ0v) is 11.8. The molecular formula is C16H23NO3. The van der Waals surface area contributed by atoms with E-state index >= 15 is 0 Å². The zero-order valence-electron chi connectivity index (χ0n) is 11.8. The molecule has 1 atom stereocenters. The predicted octanol–water partition coefficient (Wildman–Crippen LogP) is 2.64. The highest BCUT2D eigenvalue weighted by Crippen LogP contribution is 2.17. The number of nitrogens with zero attached hydrogens (tertiary/aromatic N) is 1. The first-order valence-corrected chi connectivity index (χ1v) is 7.39. The molecule has 1 heterocycles. The number of aliphatic carboxylic acids is 1. The zero-order chi connectivity index (χ0) is 14.2. The molecule has 2 rings (SSSR count). The van der Waals surface area contributed by atoms with Crippen LogP contribution in [0.5, 0.6) is 5.75 Å². The summed E-state index contributed by atoms with van der Waals surface area (Å²) in [5, 5.41) is 9.05. The van der Waals surface area contributed by atoms with E-state index in [1.165, 1.54) is 0 Å². The number of carbonyl (C=O) groups is 1. The van der Waals surface area contributed by atoms with Gasteiger partial charge in [0.05, 0.1) is 12.5 Å². The second-order valence-electron chi connectivity index (χ2n) is 5.35. The molecule has 20 heavy (non-hydrogen) atoms. The molecule has 1 unspecified atom stereocenters. The molecular weight excluding hydrogens is 254 g/mol. The van der Waals surface area contributed by atoms with Gasteiger partial charge in [0.2, 0.25) is 0 Å². The quantitative estimate of drug-likeness (QED) is 0.778. The molecule has 1 aromatic carbocycles. The maximum atomic E-state index is 11.0. The van der Waals surface area contributed by atoms with Gasteiger partial charge in [-0.15, -0.1) is 0 Å². The number of ether oxygens (including phenoxy) is 1. The van der Waals surface area contributed by atoms with Crippen LogP contribution in [0.4, 0.5) is 0 Å². The lowest BCUT2D eigenvalue weighted by Gasteiger charge is -2.30. The van der Waals surface area contributed by atoms with E-state index in [2.05, 4.69) is 4.90 Å². The maximum absolute atomic E-state index is 11.0. The van der Waals surface area contributed by atoms with Crippen molar-refractivity contribution in [3.8, 4) is 5.75 Å². The van der Waals surface area contributed by atoms with Crippen LogP contribution in [-0.2, 0) is 4.79 Å². The summed E-state index contributed by atoms with van der Waals surface area (Å²) >= 11 is 0. The number of unbranched alkanes of at least 4 members (excludes halogenated alkanes) is 1. The molecule has 110 valence electrons. The first-order valence-electron chi connectivity index (χ1n) is 7.39. The first-order chi connectivity index (χ1) is 9.75. The van der Waals surface area contributed by atoms with E-state index in [0.717, 1.165) is 51.1 Å². The minimum atomic E-state index is -0.651. The van der Waals surface area contributed by atoms with Crippen molar-refractivity contribution in [2.45, 2.75) is 25.7 Å². The molecule has 4 heteroatoms. The van der Waals surface area contributed by atoms with Crippen molar-refractivity contribution in [2.75, 3.05) is 26.2 Å². The Labute approximate surface area is 120 Å². The number of para-hydroxylation sites is 1. The number of benzene rings is 1. The largest absolute Gasteiger partial charge is 0.494 e. The van der Waals surface area contributed by atoms with Crippen molar-refractivity contribution in [3.05, 3.63) is 30.3 Å². The Balaban J connectivity index is 1.58. The summed E-state index contributed by atoms with van der Waals surface area (Å²) in [5.41, 5.74) is 0. The van der Waals surface area contributed by atoms with Crippen molar-refractivity contribution in [1.82, 2.24) is 4.90 Å². The third kappa shape index (κ3) is 4.85. The minimum Gasteiger partial charge on any atom is -0.494 e. The van der Waals surface area contributed by atoms with E-state index in [-0.39, 0.29) is 5.92 Å². The molecule has 0 spiro atoms. The third-order valence-corrected chi connectivity index (χ3v) is 3.74. The van der Waals surface area contributed by atoms with E-state index in [9.17, 15) is 4.79 Å². The Bertz CT molecular complexity index is 407. The van der Waals surface area contributed by atoms with Gasteiger partial charge in [0.15, 0.2) is 0 Å². The number of carboxylic acids is 1. The van der Waals surface area contributed by atoms with Gasteiger partial charge in [0, 0.05) is 6.54 Å². The smallest absolute Gasteiger partial charge is 0.307 e. The monoisotopic (exact) mass is 277 g/mol. The molecule has 0 bridgehead atoms. The van der Waals surface area contributed by atoms with E-state index in [1.54, 1.807) is 0 Å². The van der Waals surface area contributed by atoms with Gasteiger partial charge in [-0.05, 0) is 50.9 Å². The molecule has 0 amide bonds. The molecule has 1 saturated heterocycles. The Morgan fingerprint density at radius 1 is 1.30 bits per heavy atom. The predicted molar refractivity (Wildman–Crippen MR) is 78.0 cm³/mol. The van der Waals surface area contributed by atoms with E-state index in [1.807, 2.05) is 30.3 Å². The molecule has 1 aromatic rings. The summed E-state index contributed by atoms with van der Waals surface area (Å²) in [6.45, 7) is 3.43. The molecule has 0 radical (unpaired) electrons. The van der Waals surface area contributed by atoms with Crippen LogP contribution in [0, 0.1) is 5.92 Å². The molecule has 0 aliphatic carbocycles. The molecule has 1 fully saturated rings. The van der Waals surface area contributed by atoms with Crippen molar-refractivity contribution >= 4 is 5.97 Å². The van der Waals surface area contributed by atoms with Gasteiger partial charge in [-0.3, -0.25) is 4.79 Å². The highest BCUT2D eigenvalue weighted by molar-refractivity contribution is 5.70. The minimum absolute atomic E-state index is 0.177. The maximum Gasteiger partial charge on any atom is 0.307 e. The molecule has 0 saturated carbocycles. The highest BCUT2D eigenvalue weighted by atomic mass is 16.5. The molecule has 4 nitrogen and oxygen atoms in total. The van der Waals surface area contributed by atoms with Gasteiger partial charge >= 0.3 is 5.97 Å². The number of hydrogen-bond donors (Lipinski definition) is 1. The number of likely N-dealkylation sites (tertiary alicyclic amines) is 1. The fourth-order valence-corrected chi connectivity index (χ4v) is 2.60. The van der Waals surface area contributed by atoms with Crippen molar-refractivity contribution in [1.29, 1.82) is 0 Å². The van der Waals surface area contributed by atoms with Gasteiger partial charge in [0.1, 0.15) is 5.75 Å². The second kappa shape index (κ2) is 7.90. The second-order valence-corrected chi connectivity index (χ2v) is 5.35. The van der Waals surface area contributed by atoms with E-state index in [0.29, 0.717) is 6.54 Å². The molecule has 1 aliphatic heterocycles. The standard InChI is InChI=1S/C16H23NO3/c18-16(19)14-7-6-11-17(13-14)10-4-5-12-20-15-8-2-1-3-9-15/h1-3,8-9,14H,4-7,10-13H2,(H,18,19). The van der Waals surface area contributed by atoms with Crippen LogP contribution in [0.3, 0.4) is 0 Å². The van der Waals surface area contributed by atoms with E-state index in [4.69, 9.17) is 9.84 Å². The van der Waals surface area contributed by atoms with Crippen LogP contribution in [0.15, 0.2) is 30.3 Å². The van der Waals surface area contributed by atoms with Gasteiger partial charge < -0.3 is 14.7 Å². The third-order valence-electron chi connectivity index (χ3n) is 3.74. The van der Waals surface area contributed by atoms with Crippen molar-refractivity contribution in [2.24, 2.45) is 5.92 Å². The Morgan fingerprint density at radius 3 is 2.85 bits per heavy atom. The van der Waals surface area contributed by atoms with Gasteiger partial charge in [0.25, 0.3) is 0 Å². The lowest BCUT2D eigenvalue weighted by Crippen LogP contribution is -2.39. The van der Waals surface area contributed by atoms with Crippen LogP contribution in [0.2, 0.25) is 0 Å². The number of rotatable bonds is 7. The SMILES string of the molecule is O=C(O)C1CCCN(CCCCOc2ccccc2)C1. The summed E-state index contributed by atoms with van der Waals surface area (Å²) in [6, 6.07) is 9.83. The lowest BCUT2D eigenvalue weighted by atomic mass is 9.98. The van der Waals surface area contributed by atoms with Crippen LogP contribution < -0.4 is 4.74 Å². The average Bonchev–Trinajstić information content (AvgIpc) is 2.48. The fourth-order valence-electron chi connectivity index (χ4n) is 2.60. The van der Waals surface area contributed by atoms with Gasteiger partial charge in [-0.1, -0.05) is 18.2 Å². The Morgan fingerprint density at radius 2 is 2.10 bits per heavy atom. The molecule has 1 N–H and O–H groups in total. The first kappa shape index (κ1) is 14.9. The number of hydrogen-bond acceptors (Lipinski definition) is 3. The number of piperidine rings is 1. The number of carboxylic acid groups (broad SMARTS) is 1. The summed E-state index contributed by atoms with van der Waals surface area (Å²) in [7, 11) is 0. The van der Waals surface area contributed by atoms with Crippen LogP contribution in [0.1, 0.15) is 25.7 Å². The Hall–Kier alpha value is -1.55. The van der Waals surface area contributed by atoms with Gasteiger partial charge in [-0.25, -0.2) is 0 Å². The van der Waals surface area contributed by atoms with Gasteiger partial charge in [-0.2, -0.15) is 0 Å². The normalized spacial score (nSPS) is 19.7. The van der Waals surface area contributed by atoms with Crippen LogP contribution >= 0.6 is 0 Å². The molecule has 0 aromatic heterocycles. The fraction of sp³-hybridized carbons (Fsp3) is 0.562. The Kier molecular flexibility index (Phi) is 5.87.